The number of benzene rings is 5. The van der Waals surface area contributed by atoms with Crippen molar-refractivity contribution < 1.29 is 0 Å². The van der Waals surface area contributed by atoms with Crippen LogP contribution in [0.25, 0.3) is 73.4 Å². The third-order valence-corrected chi connectivity index (χ3v) is 10.3. The van der Waals surface area contributed by atoms with E-state index in [0.717, 1.165) is 0 Å². The molecular weight excluding hydrogens is 481 g/mol. The van der Waals surface area contributed by atoms with Gasteiger partial charge in [0.1, 0.15) is 0 Å². The smallest absolute Gasteiger partial charge is 0.0534 e. The molecule has 0 aliphatic carbocycles. The van der Waals surface area contributed by atoms with Crippen LogP contribution >= 0.6 is 34.0 Å². The zero-order valence-corrected chi connectivity index (χ0v) is 21.1. The Morgan fingerprint density at radius 3 is 1.31 bits per heavy atom. The molecule has 164 valence electrons. The van der Waals surface area contributed by atoms with Gasteiger partial charge in [-0.05, 0) is 66.0 Å². The molecule has 3 heterocycles. The van der Waals surface area contributed by atoms with Gasteiger partial charge in [0.15, 0.2) is 0 Å². The van der Waals surface area contributed by atoms with Crippen LogP contribution in [-0.2, 0) is 0 Å². The van der Waals surface area contributed by atoms with Crippen molar-refractivity contribution in [1.29, 1.82) is 0 Å². The summed E-state index contributed by atoms with van der Waals surface area (Å²) in [7, 11) is 0. The second kappa shape index (κ2) is 7.50. The molecule has 0 unspecified atom stereocenters. The Balaban J connectivity index is 1.75. The van der Waals surface area contributed by atoms with Crippen molar-refractivity contribution in [2.45, 2.75) is 0 Å². The highest BCUT2D eigenvalue weighted by molar-refractivity contribution is 7.27. The lowest BCUT2D eigenvalue weighted by molar-refractivity contribution is 1.79. The van der Waals surface area contributed by atoms with E-state index in [1.807, 2.05) is 34.0 Å². The SMILES string of the molecule is c1csc(-c2sc(-c3cccs3)c3c4ccc5ccccc5c4c4c5ccccc5ccc4c23)c1. The summed E-state index contributed by atoms with van der Waals surface area (Å²) >= 11 is 5.62. The summed E-state index contributed by atoms with van der Waals surface area (Å²) in [6.07, 6.45) is 0. The number of hydrogen-bond acceptors (Lipinski definition) is 3. The fourth-order valence-electron chi connectivity index (χ4n) is 5.61. The van der Waals surface area contributed by atoms with Crippen molar-refractivity contribution in [3.63, 3.8) is 0 Å². The Morgan fingerprint density at radius 2 is 0.857 bits per heavy atom. The lowest BCUT2D eigenvalue weighted by Crippen LogP contribution is -1.86. The summed E-state index contributed by atoms with van der Waals surface area (Å²) in [5.41, 5.74) is 0. The molecule has 3 heteroatoms. The molecule has 0 spiro atoms. The molecule has 0 amide bonds. The van der Waals surface area contributed by atoms with Crippen LogP contribution < -0.4 is 0 Å². The first kappa shape index (κ1) is 19.8. The first-order valence-electron chi connectivity index (χ1n) is 11.7. The van der Waals surface area contributed by atoms with Gasteiger partial charge in [-0.25, -0.2) is 0 Å². The minimum Gasteiger partial charge on any atom is -0.143 e. The molecule has 0 aliphatic rings. The second-order valence-corrected chi connectivity index (χ2v) is 11.8. The zero-order valence-electron chi connectivity index (χ0n) is 18.6. The van der Waals surface area contributed by atoms with Gasteiger partial charge < -0.3 is 0 Å². The van der Waals surface area contributed by atoms with Crippen molar-refractivity contribution in [1.82, 2.24) is 0 Å². The zero-order chi connectivity index (χ0) is 22.9. The van der Waals surface area contributed by atoms with E-state index in [2.05, 4.69) is 108 Å². The van der Waals surface area contributed by atoms with E-state index < -0.39 is 0 Å². The number of thiophene rings is 3. The van der Waals surface area contributed by atoms with Crippen LogP contribution in [0.2, 0.25) is 0 Å². The molecule has 0 aliphatic heterocycles. The Labute approximate surface area is 214 Å². The average molecular weight is 499 g/mol. The van der Waals surface area contributed by atoms with Gasteiger partial charge in [-0.3, -0.25) is 0 Å². The van der Waals surface area contributed by atoms with Crippen LogP contribution in [-0.4, -0.2) is 0 Å². The fraction of sp³-hybridized carbons (Fsp3) is 0. The molecule has 0 saturated carbocycles. The van der Waals surface area contributed by atoms with E-state index in [0.29, 0.717) is 0 Å². The maximum atomic E-state index is 2.36. The van der Waals surface area contributed by atoms with Gasteiger partial charge in [0.2, 0.25) is 0 Å². The quantitative estimate of drug-likeness (QED) is 0.208. The number of rotatable bonds is 2. The van der Waals surface area contributed by atoms with Crippen LogP contribution in [0, 0.1) is 0 Å². The standard InChI is InChI=1S/C32H18S3/c1-3-9-21-19(7-1)13-15-23-27(21)28-22-10-4-2-8-20(22)14-16-24(28)30-29(23)31(25-11-5-17-33-25)35-32(30)26-12-6-18-34-26/h1-18H. The van der Waals surface area contributed by atoms with Gasteiger partial charge in [-0.2, -0.15) is 0 Å². The first-order chi connectivity index (χ1) is 17.4. The largest absolute Gasteiger partial charge is 0.143 e. The Hall–Kier alpha value is -3.50. The van der Waals surface area contributed by atoms with Crippen LogP contribution in [0.4, 0.5) is 0 Å². The second-order valence-electron chi connectivity index (χ2n) is 8.88. The van der Waals surface area contributed by atoms with Gasteiger partial charge in [0, 0.05) is 20.5 Å². The summed E-state index contributed by atoms with van der Waals surface area (Å²) < 4.78 is 0. The molecule has 8 aromatic rings. The Bertz CT molecular complexity index is 1890. The molecule has 0 fully saturated rings. The van der Waals surface area contributed by atoms with Crippen molar-refractivity contribution in [3.05, 3.63) is 108 Å². The summed E-state index contributed by atoms with van der Waals surface area (Å²) in [5.74, 6) is 0. The lowest BCUT2D eigenvalue weighted by Gasteiger charge is -2.14. The highest BCUT2D eigenvalue weighted by Crippen LogP contribution is 2.53. The average Bonchev–Trinajstić information content (AvgIpc) is 3.69. The molecule has 0 bridgehead atoms. The van der Waals surface area contributed by atoms with Crippen molar-refractivity contribution in [2.75, 3.05) is 0 Å². The minimum atomic E-state index is 1.29. The van der Waals surface area contributed by atoms with E-state index in [9.17, 15) is 0 Å². The van der Waals surface area contributed by atoms with E-state index in [4.69, 9.17) is 0 Å². The lowest BCUT2D eigenvalue weighted by atomic mass is 9.88. The molecule has 35 heavy (non-hydrogen) atoms. The van der Waals surface area contributed by atoms with Gasteiger partial charge in [-0.1, -0.05) is 84.9 Å². The van der Waals surface area contributed by atoms with E-state index in [1.165, 1.54) is 73.4 Å². The minimum absolute atomic E-state index is 1.29. The summed E-state index contributed by atoms with van der Waals surface area (Å²) in [6.45, 7) is 0. The molecular formula is C32H18S3. The monoisotopic (exact) mass is 498 g/mol. The maximum absolute atomic E-state index is 2.36. The summed E-state index contributed by atoms with van der Waals surface area (Å²) in [6, 6.07) is 35.9. The van der Waals surface area contributed by atoms with Crippen molar-refractivity contribution in [3.8, 4) is 19.5 Å². The summed E-state index contributed by atoms with van der Waals surface area (Å²) in [5, 5.41) is 17.9. The molecule has 0 saturated heterocycles. The third kappa shape index (κ3) is 2.77. The maximum Gasteiger partial charge on any atom is 0.0534 e. The van der Waals surface area contributed by atoms with Crippen LogP contribution in [0.15, 0.2) is 108 Å². The normalized spacial score (nSPS) is 12.0. The first-order valence-corrected chi connectivity index (χ1v) is 14.3. The van der Waals surface area contributed by atoms with E-state index in [1.54, 1.807) is 0 Å². The van der Waals surface area contributed by atoms with Crippen LogP contribution in [0.3, 0.4) is 0 Å². The highest BCUT2D eigenvalue weighted by Gasteiger charge is 2.23. The van der Waals surface area contributed by atoms with Gasteiger partial charge in [0.05, 0.1) is 9.75 Å². The molecule has 3 aromatic heterocycles. The summed E-state index contributed by atoms with van der Waals surface area (Å²) in [4.78, 5) is 5.46. The highest BCUT2D eigenvalue weighted by atomic mass is 32.1. The van der Waals surface area contributed by atoms with Gasteiger partial charge >= 0.3 is 0 Å². The number of hydrogen-bond donors (Lipinski definition) is 0. The number of fused-ring (bicyclic) bond motifs is 10. The van der Waals surface area contributed by atoms with E-state index in [-0.39, 0.29) is 0 Å². The van der Waals surface area contributed by atoms with Crippen molar-refractivity contribution >= 4 is 87.9 Å². The fourth-order valence-corrected chi connectivity index (χ4v) is 8.65. The predicted molar refractivity (Wildman–Crippen MR) is 158 cm³/mol. The molecule has 5 aromatic carbocycles. The van der Waals surface area contributed by atoms with Crippen molar-refractivity contribution in [2.24, 2.45) is 0 Å². The molecule has 0 radical (unpaired) electrons. The predicted octanol–water partition coefficient (Wildman–Crippen LogP) is 11.0. The molecule has 0 atom stereocenters. The third-order valence-electron chi connectivity index (χ3n) is 7.04. The topological polar surface area (TPSA) is 0 Å². The van der Waals surface area contributed by atoms with Crippen LogP contribution in [0.1, 0.15) is 0 Å². The molecule has 0 nitrogen and oxygen atoms in total. The van der Waals surface area contributed by atoms with E-state index >= 15 is 0 Å². The molecule has 0 N–H and O–H groups in total. The Morgan fingerprint density at radius 1 is 0.371 bits per heavy atom. The van der Waals surface area contributed by atoms with Crippen LogP contribution in [0.5, 0.6) is 0 Å². The van der Waals surface area contributed by atoms with Gasteiger partial charge in [-0.15, -0.1) is 34.0 Å². The molecule has 8 rings (SSSR count). The Kier molecular flexibility index (Phi) is 4.23. The van der Waals surface area contributed by atoms with Gasteiger partial charge in [0.25, 0.3) is 0 Å².